The van der Waals surface area contributed by atoms with Gasteiger partial charge in [0.1, 0.15) is 50.6 Å². The number of pyridine rings is 2. The first-order valence-corrected chi connectivity index (χ1v) is 25.4. The van der Waals surface area contributed by atoms with Crippen molar-refractivity contribution in [1.29, 1.82) is 0 Å². The number of cyclic esters (lactones) is 4. The quantitative estimate of drug-likeness (QED) is 0.105. The summed E-state index contributed by atoms with van der Waals surface area (Å²) in [5.74, 6) is -6.19. The Morgan fingerprint density at radius 3 is 0.732 bits per heavy atom. The van der Waals surface area contributed by atoms with E-state index in [0.29, 0.717) is 22.8 Å². The van der Waals surface area contributed by atoms with Crippen LogP contribution < -0.4 is 21.3 Å². The third kappa shape index (κ3) is 13.4. The SMILES string of the molecule is C[C@@H]1NC(=O)c2ccccc2-c2nnc(o2)-c2ccccc2C(=O)N[C@@H](C)C(=O)OCc2cccc(n2)COC(=O)[C@H](C)NC(=O)c2ccccc2-c2nnc(o2)-c2ccccc2C(=O)N[C@@H](C)C(=O)OCc2cccc(n2)COC1=O. The summed E-state index contributed by atoms with van der Waals surface area (Å²) in [6, 6.07) is 30.2. The summed E-state index contributed by atoms with van der Waals surface area (Å²) in [7, 11) is 0. The Morgan fingerprint density at radius 1 is 0.305 bits per heavy atom. The van der Waals surface area contributed by atoms with Crippen molar-refractivity contribution in [2.75, 3.05) is 0 Å². The average molecular weight is 1110 g/mol. The number of rotatable bonds is 0. The Hall–Kier alpha value is -10.8. The van der Waals surface area contributed by atoms with Crippen LogP contribution in [-0.2, 0) is 64.6 Å². The number of nitrogens with one attached hydrogen (secondary N) is 4. The minimum absolute atomic E-state index is 0.0738. The molecule has 1 aliphatic rings. The molecule has 4 aromatic carbocycles. The van der Waals surface area contributed by atoms with Gasteiger partial charge in [-0.25, -0.2) is 19.2 Å². The van der Waals surface area contributed by atoms with E-state index >= 15 is 0 Å². The molecule has 1 aliphatic heterocycles. The van der Waals surface area contributed by atoms with Crippen molar-refractivity contribution in [3.05, 3.63) is 178 Å². The lowest BCUT2D eigenvalue weighted by Crippen LogP contribution is -2.39. The topological polar surface area (TPSA) is 325 Å². The summed E-state index contributed by atoms with van der Waals surface area (Å²) in [6.45, 7) is 4.52. The molecule has 0 spiro atoms. The average Bonchev–Trinajstić information content (AvgIpc) is 4.24. The van der Waals surface area contributed by atoms with Crippen molar-refractivity contribution >= 4 is 47.5 Å². The van der Waals surface area contributed by atoms with Crippen molar-refractivity contribution in [3.8, 4) is 45.8 Å². The molecule has 9 rings (SSSR count). The Labute approximate surface area is 466 Å². The fourth-order valence-electron chi connectivity index (χ4n) is 8.15. The van der Waals surface area contributed by atoms with Crippen molar-refractivity contribution < 1.29 is 66.1 Å². The molecular formula is C58H50N10O14. The van der Waals surface area contributed by atoms with Crippen LogP contribution in [0.5, 0.6) is 0 Å². The first-order valence-electron chi connectivity index (χ1n) is 25.4. The monoisotopic (exact) mass is 1110 g/mol. The second-order valence-electron chi connectivity index (χ2n) is 18.5. The van der Waals surface area contributed by atoms with Crippen LogP contribution in [0.2, 0.25) is 0 Å². The van der Waals surface area contributed by atoms with E-state index in [4.69, 9.17) is 27.8 Å². The highest BCUT2D eigenvalue weighted by Crippen LogP contribution is 2.31. The fraction of sp³-hybridized carbons (Fsp3) is 0.207. The number of carbonyl (C=O) groups excluding carboxylic acids is 8. The molecule has 416 valence electrons. The van der Waals surface area contributed by atoms with E-state index in [1.165, 1.54) is 52.0 Å². The van der Waals surface area contributed by atoms with Gasteiger partial charge in [0.05, 0.1) is 67.3 Å². The van der Waals surface area contributed by atoms with Gasteiger partial charge in [0.15, 0.2) is 0 Å². The van der Waals surface area contributed by atoms with Crippen molar-refractivity contribution in [1.82, 2.24) is 51.6 Å². The molecular weight excluding hydrogens is 1060 g/mol. The van der Waals surface area contributed by atoms with Crippen molar-refractivity contribution in [3.63, 3.8) is 0 Å². The molecule has 4 atom stereocenters. The minimum Gasteiger partial charge on any atom is -0.458 e. The van der Waals surface area contributed by atoms with Gasteiger partial charge in [-0.1, -0.05) is 60.7 Å². The van der Waals surface area contributed by atoms with Gasteiger partial charge in [-0.3, -0.25) is 29.1 Å². The number of nitrogens with zero attached hydrogens (tertiary/aromatic N) is 6. The summed E-state index contributed by atoms with van der Waals surface area (Å²) in [5, 5.41) is 27.1. The predicted molar refractivity (Wildman–Crippen MR) is 286 cm³/mol. The molecule has 0 unspecified atom stereocenters. The van der Waals surface area contributed by atoms with Crippen molar-refractivity contribution in [2.45, 2.75) is 78.3 Å². The molecule has 8 bridgehead atoms. The molecule has 4 aromatic heterocycles. The van der Waals surface area contributed by atoms with Crippen LogP contribution in [-0.4, -0.2) is 102 Å². The smallest absolute Gasteiger partial charge is 0.328 e. The second-order valence-corrected chi connectivity index (χ2v) is 18.5. The molecule has 0 fully saturated rings. The van der Waals surface area contributed by atoms with Crippen LogP contribution in [0.3, 0.4) is 0 Å². The van der Waals surface area contributed by atoms with Crippen LogP contribution in [0.25, 0.3) is 45.8 Å². The molecule has 24 nitrogen and oxygen atoms in total. The van der Waals surface area contributed by atoms with Gasteiger partial charge in [0.25, 0.3) is 23.6 Å². The van der Waals surface area contributed by atoms with Gasteiger partial charge in [-0.15, -0.1) is 20.4 Å². The largest absolute Gasteiger partial charge is 0.458 e. The zero-order valence-corrected chi connectivity index (χ0v) is 44.2. The lowest BCUT2D eigenvalue weighted by atomic mass is 10.1. The van der Waals surface area contributed by atoms with E-state index in [2.05, 4.69) is 51.6 Å². The summed E-state index contributed by atoms with van der Waals surface area (Å²) in [5.41, 5.74) is 2.34. The first-order chi connectivity index (χ1) is 39.6. The highest BCUT2D eigenvalue weighted by Gasteiger charge is 2.28. The Kier molecular flexibility index (Phi) is 17.3. The highest BCUT2D eigenvalue weighted by molar-refractivity contribution is 6.04. The number of amides is 4. The van der Waals surface area contributed by atoms with Crippen LogP contribution in [0.1, 0.15) is 91.9 Å². The maximum atomic E-state index is 13.7. The van der Waals surface area contributed by atoms with E-state index < -0.39 is 71.7 Å². The lowest BCUT2D eigenvalue weighted by Gasteiger charge is -2.15. The molecule has 4 N–H and O–H groups in total. The first kappa shape index (κ1) is 56.0. The highest BCUT2D eigenvalue weighted by atomic mass is 16.5. The molecule has 8 aromatic rings. The molecule has 24 heteroatoms. The van der Waals surface area contributed by atoms with Crippen LogP contribution >= 0.6 is 0 Å². The Balaban J connectivity index is 0.931. The number of hydrogen-bond donors (Lipinski definition) is 4. The summed E-state index contributed by atoms with van der Waals surface area (Å²) in [6.07, 6.45) is 0. The second kappa shape index (κ2) is 25.3. The number of ether oxygens (including phenoxy) is 4. The summed E-state index contributed by atoms with van der Waals surface area (Å²) in [4.78, 5) is 116. The number of hydrogen-bond acceptors (Lipinski definition) is 20. The van der Waals surface area contributed by atoms with Gasteiger partial charge in [0.2, 0.25) is 23.6 Å². The fourth-order valence-corrected chi connectivity index (χ4v) is 8.15. The molecule has 82 heavy (non-hydrogen) atoms. The standard InChI is InChI=1S/C58H50N10O14/c1-31-55(73)77-27-35-15-13-16-36(63-35)28-78-56(74)32(2)60-49(71)41-21-7-11-25-45(41)53-67-68-54(82-53)46-26-12-8-22-42(46)50(72)62-34(4)58(76)80-30-38-18-14-17-37(64-38)29-79-57(75)33(3)61-48(70)40-20-6-10-24-44(40)52-66-65-51(81-52)43-23-9-5-19-39(43)47(69)59-31/h5-26,31-34H,27-30H2,1-4H3,(H,59,69)(H,60,71)(H,61,70)(H,62,72)/t31-,32-,33-,34-/m0/s1. The maximum Gasteiger partial charge on any atom is 0.328 e. The zero-order valence-electron chi connectivity index (χ0n) is 44.2. The number of carbonyl (C=O) groups is 8. The minimum atomic E-state index is -1.15. The Bertz CT molecular complexity index is 3280. The van der Waals surface area contributed by atoms with E-state index in [9.17, 15) is 38.4 Å². The van der Waals surface area contributed by atoms with Gasteiger partial charge in [0, 0.05) is 0 Å². The normalized spacial score (nSPS) is 18.3. The number of fused-ring (bicyclic) bond motifs is 16. The van der Waals surface area contributed by atoms with Crippen LogP contribution in [0, 0.1) is 0 Å². The molecule has 0 saturated heterocycles. The molecule has 0 saturated carbocycles. The van der Waals surface area contributed by atoms with E-state index in [0.717, 1.165) is 0 Å². The van der Waals surface area contributed by atoms with Crippen LogP contribution in [0.15, 0.2) is 142 Å². The van der Waals surface area contributed by atoms with E-state index in [1.807, 2.05) is 0 Å². The third-order valence-corrected chi connectivity index (χ3v) is 12.4. The third-order valence-electron chi connectivity index (χ3n) is 12.4. The lowest BCUT2D eigenvalue weighted by molar-refractivity contribution is -0.148. The van der Waals surface area contributed by atoms with Crippen molar-refractivity contribution in [2.24, 2.45) is 0 Å². The summed E-state index contributed by atoms with van der Waals surface area (Å²) < 4.78 is 34.0. The molecule has 0 aliphatic carbocycles. The Morgan fingerprint density at radius 2 is 0.512 bits per heavy atom. The summed E-state index contributed by atoms with van der Waals surface area (Å²) >= 11 is 0. The van der Waals surface area contributed by atoms with Gasteiger partial charge >= 0.3 is 23.9 Å². The van der Waals surface area contributed by atoms with Crippen LogP contribution in [0.4, 0.5) is 0 Å². The van der Waals surface area contributed by atoms with E-state index in [-0.39, 0.29) is 94.5 Å². The maximum absolute atomic E-state index is 13.7. The zero-order chi connectivity index (χ0) is 57.9. The number of benzene rings is 4. The molecule has 4 amide bonds. The predicted octanol–water partition coefficient (Wildman–Crippen LogP) is 5.67. The van der Waals surface area contributed by atoms with Gasteiger partial charge in [-0.2, -0.15) is 0 Å². The molecule has 5 heterocycles. The van der Waals surface area contributed by atoms with Gasteiger partial charge < -0.3 is 49.0 Å². The van der Waals surface area contributed by atoms with Gasteiger partial charge in [-0.05, 0) is 100 Å². The molecule has 0 radical (unpaired) electrons. The number of aromatic nitrogens is 6. The van der Waals surface area contributed by atoms with E-state index in [1.54, 1.807) is 109 Å². The number of esters is 4.